The van der Waals surface area contributed by atoms with E-state index in [9.17, 15) is 15.2 Å². The summed E-state index contributed by atoms with van der Waals surface area (Å²) in [5.74, 6) is -1.69. The second-order valence-electron chi connectivity index (χ2n) is 4.94. The standard InChI is InChI=1S/C16H14BrClN2O4/c1-3-23-16(22)12-7(2)24-15(20)10(6-19)13(12)9-4-8(18)5-11(17)14(9)21/h4-5,13,21H,3,20H2,1-2H3. The number of nitrogens with zero attached hydrogens (tertiary/aromatic N) is 1. The molecule has 0 fully saturated rings. The molecule has 126 valence electrons. The summed E-state index contributed by atoms with van der Waals surface area (Å²) in [7, 11) is 0. The van der Waals surface area contributed by atoms with Crippen molar-refractivity contribution in [1.29, 1.82) is 5.26 Å². The first-order valence-corrected chi connectivity index (χ1v) is 8.12. The van der Waals surface area contributed by atoms with Gasteiger partial charge in [-0.15, -0.1) is 0 Å². The summed E-state index contributed by atoms with van der Waals surface area (Å²) >= 11 is 9.25. The lowest BCUT2D eigenvalue weighted by atomic mass is 9.82. The minimum atomic E-state index is -0.946. The van der Waals surface area contributed by atoms with Gasteiger partial charge in [0.2, 0.25) is 5.88 Å². The molecule has 1 aliphatic rings. The molecule has 0 spiro atoms. The van der Waals surface area contributed by atoms with Gasteiger partial charge in [0.05, 0.1) is 22.6 Å². The number of aromatic hydroxyl groups is 1. The monoisotopic (exact) mass is 412 g/mol. The summed E-state index contributed by atoms with van der Waals surface area (Å²) in [4.78, 5) is 12.4. The van der Waals surface area contributed by atoms with Crippen LogP contribution < -0.4 is 5.73 Å². The Bertz CT molecular complexity index is 811. The van der Waals surface area contributed by atoms with E-state index in [1.165, 1.54) is 19.1 Å². The van der Waals surface area contributed by atoms with Crippen molar-refractivity contribution in [2.24, 2.45) is 5.73 Å². The van der Waals surface area contributed by atoms with Gasteiger partial charge in [-0.25, -0.2) is 4.79 Å². The number of rotatable bonds is 3. The predicted octanol–water partition coefficient (Wildman–Crippen LogP) is 3.45. The van der Waals surface area contributed by atoms with Crippen molar-refractivity contribution in [3.05, 3.63) is 50.0 Å². The molecule has 1 heterocycles. The molecule has 3 N–H and O–H groups in total. The zero-order chi connectivity index (χ0) is 18.0. The summed E-state index contributed by atoms with van der Waals surface area (Å²) in [6.45, 7) is 3.35. The van der Waals surface area contributed by atoms with Gasteiger partial charge < -0.3 is 20.3 Å². The number of hydrogen-bond acceptors (Lipinski definition) is 6. The quantitative estimate of drug-likeness (QED) is 0.735. The number of allylic oxidation sites excluding steroid dienone is 2. The molecule has 0 bridgehead atoms. The van der Waals surface area contributed by atoms with Crippen molar-refractivity contribution < 1.29 is 19.4 Å². The van der Waals surface area contributed by atoms with E-state index in [0.29, 0.717) is 9.50 Å². The highest BCUT2D eigenvalue weighted by Crippen LogP contribution is 2.45. The number of ether oxygens (including phenoxy) is 2. The van der Waals surface area contributed by atoms with E-state index >= 15 is 0 Å². The van der Waals surface area contributed by atoms with E-state index in [0.717, 1.165) is 0 Å². The topological polar surface area (TPSA) is 106 Å². The maximum Gasteiger partial charge on any atom is 0.338 e. The fraction of sp³-hybridized carbons (Fsp3) is 0.250. The van der Waals surface area contributed by atoms with Crippen molar-refractivity contribution >= 4 is 33.5 Å². The Morgan fingerprint density at radius 3 is 2.83 bits per heavy atom. The lowest BCUT2D eigenvalue weighted by Gasteiger charge is -2.27. The molecular formula is C16H14BrClN2O4. The lowest BCUT2D eigenvalue weighted by molar-refractivity contribution is -0.139. The Morgan fingerprint density at radius 2 is 2.25 bits per heavy atom. The van der Waals surface area contributed by atoms with Gasteiger partial charge in [0.1, 0.15) is 23.2 Å². The smallest absolute Gasteiger partial charge is 0.338 e. The predicted molar refractivity (Wildman–Crippen MR) is 90.8 cm³/mol. The van der Waals surface area contributed by atoms with Crippen molar-refractivity contribution in [1.82, 2.24) is 0 Å². The second-order valence-corrected chi connectivity index (χ2v) is 6.23. The van der Waals surface area contributed by atoms with Crippen LogP contribution in [0.25, 0.3) is 0 Å². The summed E-state index contributed by atoms with van der Waals surface area (Å²) in [6.07, 6.45) is 0. The Hall–Kier alpha value is -2.17. The molecule has 0 saturated heterocycles. The molecule has 8 heteroatoms. The van der Waals surface area contributed by atoms with E-state index in [4.69, 9.17) is 26.8 Å². The van der Waals surface area contributed by atoms with E-state index in [2.05, 4.69) is 15.9 Å². The van der Waals surface area contributed by atoms with Crippen molar-refractivity contribution in [2.75, 3.05) is 6.61 Å². The van der Waals surface area contributed by atoms with Crippen LogP contribution in [0, 0.1) is 11.3 Å². The highest BCUT2D eigenvalue weighted by Gasteiger charge is 2.38. The first-order valence-electron chi connectivity index (χ1n) is 6.95. The van der Waals surface area contributed by atoms with E-state index in [1.54, 1.807) is 6.92 Å². The third kappa shape index (κ3) is 3.21. The van der Waals surface area contributed by atoms with Gasteiger partial charge in [-0.2, -0.15) is 5.26 Å². The van der Waals surface area contributed by atoms with Crippen LogP contribution in [-0.4, -0.2) is 17.7 Å². The average Bonchev–Trinajstić information content (AvgIpc) is 2.50. The maximum absolute atomic E-state index is 12.4. The van der Waals surface area contributed by atoms with Crippen molar-refractivity contribution in [3.63, 3.8) is 0 Å². The number of carbonyl (C=O) groups is 1. The van der Waals surface area contributed by atoms with Gasteiger partial charge in [-0.05, 0) is 41.9 Å². The molecule has 1 unspecified atom stereocenters. The number of phenols is 1. The van der Waals surface area contributed by atoms with Gasteiger partial charge in [-0.1, -0.05) is 11.6 Å². The van der Waals surface area contributed by atoms with Gasteiger partial charge in [0.15, 0.2) is 0 Å². The van der Waals surface area contributed by atoms with Crippen LogP contribution in [0.4, 0.5) is 0 Å². The van der Waals surface area contributed by atoms with Crippen LogP contribution >= 0.6 is 27.5 Å². The van der Waals surface area contributed by atoms with Crippen LogP contribution in [0.3, 0.4) is 0 Å². The van der Waals surface area contributed by atoms with Crippen molar-refractivity contribution in [2.45, 2.75) is 19.8 Å². The Kier molecular flexibility index (Phi) is 5.42. The molecule has 0 aliphatic carbocycles. The molecule has 1 aliphatic heterocycles. The zero-order valence-electron chi connectivity index (χ0n) is 12.9. The molecule has 0 aromatic heterocycles. The number of hydrogen-bond donors (Lipinski definition) is 2. The fourth-order valence-corrected chi connectivity index (χ4v) is 3.31. The number of benzene rings is 1. The third-order valence-corrected chi connectivity index (χ3v) is 4.29. The number of esters is 1. The Morgan fingerprint density at radius 1 is 1.58 bits per heavy atom. The summed E-state index contributed by atoms with van der Waals surface area (Å²) in [5.41, 5.74) is 6.13. The minimum absolute atomic E-state index is 0.00637. The number of nitrogens with two attached hydrogens (primary N) is 1. The molecule has 1 aromatic carbocycles. The van der Waals surface area contributed by atoms with Crippen LogP contribution in [0.2, 0.25) is 5.02 Å². The van der Waals surface area contributed by atoms with Gasteiger partial charge in [0, 0.05) is 10.6 Å². The normalized spacial score (nSPS) is 17.4. The molecule has 0 amide bonds. The molecule has 24 heavy (non-hydrogen) atoms. The molecular weight excluding hydrogens is 400 g/mol. The van der Waals surface area contributed by atoms with Gasteiger partial charge in [-0.3, -0.25) is 0 Å². The summed E-state index contributed by atoms with van der Waals surface area (Å²) in [5, 5.41) is 20.2. The number of halogens is 2. The van der Waals surface area contributed by atoms with Crippen LogP contribution in [0.15, 0.2) is 39.4 Å². The van der Waals surface area contributed by atoms with Crippen molar-refractivity contribution in [3.8, 4) is 11.8 Å². The molecule has 0 radical (unpaired) electrons. The third-order valence-electron chi connectivity index (χ3n) is 3.47. The van der Waals surface area contributed by atoms with Gasteiger partial charge >= 0.3 is 5.97 Å². The zero-order valence-corrected chi connectivity index (χ0v) is 15.2. The second kappa shape index (κ2) is 7.16. The van der Waals surface area contributed by atoms with Crippen LogP contribution in [0.1, 0.15) is 25.3 Å². The summed E-state index contributed by atoms with van der Waals surface area (Å²) in [6, 6.07) is 4.90. The minimum Gasteiger partial charge on any atom is -0.506 e. The Balaban J connectivity index is 2.75. The van der Waals surface area contributed by atoms with E-state index in [1.807, 2.05) is 6.07 Å². The van der Waals surface area contributed by atoms with Crippen LogP contribution in [0.5, 0.6) is 5.75 Å². The van der Waals surface area contributed by atoms with Crippen LogP contribution in [-0.2, 0) is 14.3 Å². The fourth-order valence-electron chi connectivity index (χ4n) is 2.47. The SMILES string of the molecule is CCOC(=O)C1=C(C)OC(N)=C(C#N)C1c1cc(Cl)cc(Br)c1O. The first kappa shape index (κ1) is 18.2. The molecule has 0 saturated carbocycles. The average molecular weight is 414 g/mol. The van der Waals surface area contributed by atoms with E-state index < -0.39 is 11.9 Å². The molecule has 6 nitrogen and oxygen atoms in total. The number of nitriles is 1. The molecule has 1 atom stereocenters. The Labute approximate surface area is 152 Å². The first-order chi connectivity index (χ1) is 11.3. The van der Waals surface area contributed by atoms with E-state index in [-0.39, 0.29) is 40.7 Å². The lowest BCUT2D eigenvalue weighted by Crippen LogP contribution is -2.25. The van der Waals surface area contributed by atoms with Gasteiger partial charge in [0.25, 0.3) is 0 Å². The number of carbonyl (C=O) groups excluding carboxylic acids is 1. The highest BCUT2D eigenvalue weighted by atomic mass is 79.9. The number of phenolic OH excluding ortho intramolecular Hbond substituents is 1. The largest absolute Gasteiger partial charge is 0.506 e. The summed E-state index contributed by atoms with van der Waals surface area (Å²) < 4.78 is 10.7. The maximum atomic E-state index is 12.4. The highest BCUT2D eigenvalue weighted by molar-refractivity contribution is 9.10. The molecule has 1 aromatic rings. The molecule has 2 rings (SSSR count).